The van der Waals surface area contributed by atoms with Crippen molar-refractivity contribution >= 4 is 12.1 Å². The van der Waals surface area contributed by atoms with Gasteiger partial charge in [-0.2, -0.15) is 0 Å². The van der Waals surface area contributed by atoms with Crippen LogP contribution in [0.4, 0.5) is 4.79 Å². The van der Waals surface area contributed by atoms with Gasteiger partial charge in [0, 0.05) is 23.7 Å². The zero-order valence-electron chi connectivity index (χ0n) is 16.4. The summed E-state index contributed by atoms with van der Waals surface area (Å²) in [6.45, 7) is 1.92. The Labute approximate surface area is 173 Å². The molecule has 30 heavy (non-hydrogen) atoms. The Morgan fingerprint density at radius 1 is 1.07 bits per heavy atom. The largest absolute Gasteiger partial charge is 0.480 e. The van der Waals surface area contributed by atoms with Gasteiger partial charge in [0.15, 0.2) is 0 Å². The molecule has 1 amide bonds. The molecule has 0 radical (unpaired) electrons. The number of hydrogen-bond donors (Lipinski definition) is 2. The number of carbonyl (C=O) groups excluding carboxylic acids is 1. The zero-order valence-corrected chi connectivity index (χ0v) is 16.4. The van der Waals surface area contributed by atoms with E-state index in [4.69, 9.17) is 4.74 Å². The van der Waals surface area contributed by atoms with Crippen LogP contribution in [0, 0.1) is 6.92 Å². The first-order valence-corrected chi connectivity index (χ1v) is 9.65. The molecule has 152 valence electrons. The maximum Gasteiger partial charge on any atom is 0.407 e. The Morgan fingerprint density at radius 3 is 2.30 bits per heavy atom. The number of nitrogens with zero attached hydrogens (tertiary/aromatic N) is 2. The maximum absolute atomic E-state index is 12.4. The highest BCUT2D eigenvalue weighted by molar-refractivity contribution is 5.81. The van der Waals surface area contributed by atoms with Crippen LogP contribution in [0.25, 0.3) is 11.1 Å². The lowest BCUT2D eigenvalue weighted by Crippen LogP contribution is -2.43. The fraction of sp³-hybridized carbons (Fsp3) is 0.217. The van der Waals surface area contributed by atoms with Gasteiger partial charge >= 0.3 is 12.1 Å². The summed E-state index contributed by atoms with van der Waals surface area (Å²) in [5, 5.41) is 11.9. The standard InChI is InChI=1S/C23H21N3O4/c1-14-10-15(25-13-24-14)11-21(22(27)28)26-23(29)30-12-20-18-8-4-2-6-16(18)17-7-3-5-9-19(17)20/h2-10,13,20-21H,11-12H2,1H3,(H,26,29)(H,27,28). The average Bonchev–Trinajstić information content (AvgIpc) is 3.06. The van der Waals surface area contributed by atoms with Crippen molar-refractivity contribution in [1.29, 1.82) is 0 Å². The number of rotatable bonds is 6. The van der Waals surface area contributed by atoms with Crippen molar-refractivity contribution in [3.05, 3.63) is 83.4 Å². The van der Waals surface area contributed by atoms with Gasteiger partial charge in [-0.15, -0.1) is 0 Å². The second-order valence-electron chi connectivity index (χ2n) is 7.22. The van der Waals surface area contributed by atoms with Crippen LogP contribution in [-0.2, 0) is 16.0 Å². The van der Waals surface area contributed by atoms with Gasteiger partial charge in [0.1, 0.15) is 19.0 Å². The van der Waals surface area contributed by atoms with Crippen LogP contribution < -0.4 is 5.32 Å². The fourth-order valence-electron chi connectivity index (χ4n) is 3.81. The summed E-state index contributed by atoms with van der Waals surface area (Å²) in [6.07, 6.45) is 0.648. The Bertz CT molecular complexity index is 1050. The summed E-state index contributed by atoms with van der Waals surface area (Å²) >= 11 is 0. The van der Waals surface area contributed by atoms with E-state index < -0.39 is 18.1 Å². The second kappa shape index (κ2) is 8.32. The number of aliphatic carboxylic acids is 1. The number of aryl methyl sites for hydroxylation is 1. The van der Waals surface area contributed by atoms with Crippen LogP contribution in [0.5, 0.6) is 0 Å². The molecule has 0 saturated heterocycles. The second-order valence-corrected chi connectivity index (χ2v) is 7.22. The molecule has 2 N–H and O–H groups in total. The highest BCUT2D eigenvalue weighted by Crippen LogP contribution is 2.44. The highest BCUT2D eigenvalue weighted by Gasteiger charge is 2.29. The van der Waals surface area contributed by atoms with Gasteiger partial charge in [-0.05, 0) is 35.2 Å². The highest BCUT2D eigenvalue weighted by atomic mass is 16.5. The van der Waals surface area contributed by atoms with Gasteiger partial charge in [-0.3, -0.25) is 0 Å². The lowest BCUT2D eigenvalue weighted by atomic mass is 9.98. The molecule has 7 heteroatoms. The minimum Gasteiger partial charge on any atom is -0.480 e. The number of benzene rings is 2. The monoisotopic (exact) mass is 403 g/mol. The van der Waals surface area contributed by atoms with E-state index >= 15 is 0 Å². The number of nitrogens with one attached hydrogen (secondary N) is 1. The van der Waals surface area contributed by atoms with Crippen LogP contribution in [0.1, 0.15) is 28.4 Å². The van der Waals surface area contributed by atoms with Crippen LogP contribution in [-0.4, -0.2) is 39.8 Å². The van der Waals surface area contributed by atoms with E-state index in [1.54, 1.807) is 13.0 Å². The first kappa shape index (κ1) is 19.6. The number of ether oxygens (including phenoxy) is 1. The van der Waals surface area contributed by atoms with E-state index in [-0.39, 0.29) is 18.9 Å². The predicted octanol–water partition coefficient (Wildman–Crippen LogP) is 3.32. The lowest BCUT2D eigenvalue weighted by Gasteiger charge is -2.17. The Hall–Kier alpha value is -3.74. The maximum atomic E-state index is 12.4. The quantitative estimate of drug-likeness (QED) is 0.655. The first-order chi connectivity index (χ1) is 14.5. The van der Waals surface area contributed by atoms with Crippen molar-refractivity contribution in [3.63, 3.8) is 0 Å². The number of carboxylic acids is 1. The van der Waals surface area contributed by atoms with Gasteiger partial charge in [0.25, 0.3) is 0 Å². The molecule has 3 aromatic rings. The van der Waals surface area contributed by atoms with Gasteiger partial charge < -0.3 is 15.2 Å². The number of fused-ring (bicyclic) bond motifs is 3. The molecular formula is C23H21N3O4. The number of carboxylic acid groups (broad SMARTS) is 1. The Kier molecular flexibility index (Phi) is 5.43. The smallest absolute Gasteiger partial charge is 0.407 e. The van der Waals surface area contributed by atoms with E-state index in [1.807, 2.05) is 36.4 Å². The number of carbonyl (C=O) groups is 2. The van der Waals surface area contributed by atoms with Crippen molar-refractivity contribution < 1.29 is 19.4 Å². The molecule has 1 aromatic heterocycles. The van der Waals surface area contributed by atoms with Gasteiger partial charge in [-0.1, -0.05) is 48.5 Å². The third kappa shape index (κ3) is 4.00. The number of amides is 1. The summed E-state index contributed by atoms with van der Waals surface area (Å²) in [4.78, 5) is 32.0. The molecular weight excluding hydrogens is 382 g/mol. The number of hydrogen-bond acceptors (Lipinski definition) is 5. The molecule has 1 atom stereocenters. The molecule has 1 aliphatic rings. The van der Waals surface area contributed by atoms with E-state index in [0.29, 0.717) is 5.69 Å². The number of alkyl carbamates (subject to hydrolysis) is 1. The Morgan fingerprint density at radius 2 is 1.70 bits per heavy atom. The van der Waals surface area contributed by atoms with E-state index in [1.165, 1.54) is 6.33 Å². The molecule has 2 aromatic carbocycles. The molecule has 0 fully saturated rings. The minimum absolute atomic E-state index is 0.0445. The Balaban J connectivity index is 1.43. The van der Waals surface area contributed by atoms with Crippen molar-refractivity contribution in [1.82, 2.24) is 15.3 Å². The van der Waals surface area contributed by atoms with Crippen LogP contribution >= 0.6 is 0 Å². The summed E-state index contributed by atoms with van der Waals surface area (Å²) in [7, 11) is 0. The topological polar surface area (TPSA) is 101 Å². The van der Waals surface area contributed by atoms with Crippen LogP contribution in [0.3, 0.4) is 0 Å². The summed E-state index contributed by atoms with van der Waals surface area (Å²) in [5.41, 5.74) is 5.71. The van der Waals surface area contributed by atoms with Crippen molar-refractivity contribution in [2.24, 2.45) is 0 Å². The average molecular weight is 403 g/mol. The predicted molar refractivity (Wildman–Crippen MR) is 110 cm³/mol. The molecule has 1 aliphatic carbocycles. The third-order valence-electron chi connectivity index (χ3n) is 5.21. The van der Waals surface area contributed by atoms with Crippen molar-refractivity contribution in [2.45, 2.75) is 25.3 Å². The first-order valence-electron chi connectivity index (χ1n) is 9.65. The molecule has 0 saturated carbocycles. The zero-order chi connectivity index (χ0) is 21.1. The molecule has 0 spiro atoms. The molecule has 0 aliphatic heterocycles. The molecule has 1 unspecified atom stereocenters. The summed E-state index contributed by atoms with van der Waals surface area (Å²) < 4.78 is 5.44. The normalized spacial score (nSPS) is 13.2. The van der Waals surface area contributed by atoms with Gasteiger partial charge in [-0.25, -0.2) is 19.6 Å². The van der Waals surface area contributed by atoms with Crippen LogP contribution in [0.15, 0.2) is 60.9 Å². The lowest BCUT2D eigenvalue weighted by molar-refractivity contribution is -0.139. The third-order valence-corrected chi connectivity index (χ3v) is 5.21. The van der Waals surface area contributed by atoms with Crippen molar-refractivity contribution in [3.8, 4) is 11.1 Å². The van der Waals surface area contributed by atoms with Crippen molar-refractivity contribution in [2.75, 3.05) is 6.61 Å². The molecule has 4 rings (SSSR count). The summed E-state index contributed by atoms with van der Waals surface area (Å²) in [5.74, 6) is -1.24. The SMILES string of the molecule is Cc1cc(CC(NC(=O)OCC2c3ccccc3-c3ccccc32)C(=O)O)ncn1. The summed E-state index contributed by atoms with van der Waals surface area (Å²) in [6, 6.07) is 16.6. The van der Waals surface area contributed by atoms with Crippen LogP contribution in [0.2, 0.25) is 0 Å². The fourth-order valence-corrected chi connectivity index (χ4v) is 3.81. The van der Waals surface area contributed by atoms with E-state index in [9.17, 15) is 14.7 Å². The van der Waals surface area contributed by atoms with Gasteiger partial charge in [0.05, 0.1) is 0 Å². The number of aromatic nitrogens is 2. The van der Waals surface area contributed by atoms with E-state index in [0.717, 1.165) is 27.9 Å². The van der Waals surface area contributed by atoms with Gasteiger partial charge in [0.2, 0.25) is 0 Å². The van der Waals surface area contributed by atoms with E-state index in [2.05, 4.69) is 27.4 Å². The minimum atomic E-state index is -1.15. The molecule has 7 nitrogen and oxygen atoms in total. The molecule has 1 heterocycles. The molecule has 0 bridgehead atoms.